The van der Waals surface area contributed by atoms with E-state index in [4.69, 9.17) is 9.84 Å². The van der Waals surface area contributed by atoms with E-state index in [1.165, 1.54) is 0 Å². The molecule has 0 aromatic carbocycles. The van der Waals surface area contributed by atoms with Crippen molar-refractivity contribution < 1.29 is 9.84 Å². The van der Waals surface area contributed by atoms with Crippen LogP contribution in [0.4, 0.5) is 0 Å². The topological polar surface area (TPSA) is 41.5 Å². The molecule has 1 atom stereocenters. The molecule has 1 heterocycles. The molecule has 1 aliphatic rings. The van der Waals surface area contributed by atoms with Crippen molar-refractivity contribution in [1.29, 1.82) is 0 Å². The molecule has 0 radical (unpaired) electrons. The Kier molecular flexibility index (Phi) is 3.83. The fraction of sp³-hybridized carbons (Fsp3) is 1.00. The Hall–Kier alpha value is -0.120. The van der Waals surface area contributed by atoms with Gasteiger partial charge in [0.1, 0.15) is 0 Å². The van der Waals surface area contributed by atoms with Gasteiger partial charge in [0.25, 0.3) is 0 Å². The summed E-state index contributed by atoms with van der Waals surface area (Å²) in [5.74, 6) is 0. The second kappa shape index (κ2) is 4.70. The first kappa shape index (κ1) is 8.97. The van der Waals surface area contributed by atoms with E-state index in [0.29, 0.717) is 6.04 Å². The number of aliphatic hydroxyl groups excluding tert-OH is 1. The Morgan fingerprint density at radius 2 is 2.18 bits per heavy atom. The molecule has 2 N–H and O–H groups in total. The molecule has 0 aliphatic carbocycles. The largest absolute Gasteiger partial charge is 0.395 e. The smallest absolute Gasteiger partial charge is 0.0582 e. The minimum atomic E-state index is 0.220. The molecule has 1 fully saturated rings. The van der Waals surface area contributed by atoms with E-state index in [1.807, 2.05) is 6.92 Å². The van der Waals surface area contributed by atoms with Crippen molar-refractivity contribution in [2.24, 2.45) is 0 Å². The summed E-state index contributed by atoms with van der Waals surface area (Å²) in [5.41, 5.74) is 0. The van der Waals surface area contributed by atoms with Crippen LogP contribution < -0.4 is 5.32 Å². The van der Waals surface area contributed by atoms with Crippen LogP contribution in [0.15, 0.2) is 0 Å². The third-order valence-electron chi connectivity index (χ3n) is 2.02. The lowest BCUT2D eigenvalue weighted by Crippen LogP contribution is -2.41. The van der Waals surface area contributed by atoms with Crippen molar-refractivity contribution in [3.8, 4) is 0 Å². The molecular weight excluding hydrogens is 142 g/mol. The van der Waals surface area contributed by atoms with Gasteiger partial charge in [-0.1, -0.05) is 0 Å². The summed E-state index contributed by atoms with van der Waals surface area (Å²) in [6.45, 7) is 3.93. The Morgan fingerprint density at radius 1 is 1.55 bits per heavy atom. The molecule has 3 heteroatoms. The molecule has 3 nitrogen and oxygen atoms in total. The number of hydrogen-bond acceptors (Lipinski definition) is 3. The van der Waals surface area contributed by atoms with Crippen LogP contribution >= 0.6 is 0 Å². The highest BCUT2D eigenvalue weighted by atomic mass is 16.5. The second-order valence-corrected chi connectivity index (χ2v) is 3.14. The van der Waals surface area contributed by atoms with E-state index in [2.05, 4.69) is 5.32 Å². The zero-order valence-electron chi connectivity index (χ0n) is 7.05. The van der Waals surface area contributed by atoms with Crippen molar-refractivity contribution in [3.63, 3.8) is 0 Å². The molecule has 0 saturated carbocycles. The first-order chi connectivity index (χ1) is 5.33. The highest BCUT2D eigenvalue weighted by Crippen LogP contribution is 2.06. The van der Waals surface area contributed by atoms with Gasteiger partial charge in [-0.15, -0.1) is 0 Å². The summed E-state index contributed by atoms with van der Waals surface area (Å²) in [6.07, 6.45) is 2.15. The summed E-state index contributed by atoms with van der Waals surface area (Å²) in [7, 11) is 0. The minimum Gasteiger partial charge on any atom is -0.395 e. The van der Waals surface area contributed by atoms with E-state index in [-0.39, 0.29) is 12.6 Å². The van der Waals surface area contributed by atoms with Gasteiger partial charge in [-0.05, 0) is 19.8 Å². The maximum Gasteiger partial charge on any atom is 0.0582 e. The predicted octanol–water partition coefficient (Wildman–Crippen LogP) is 0.136. The summed E-state index contributed by atoms with van der Waals surface area (Å²) >= 11 is 0. The molecule has 0 amide bonds. The van der Waals surface area contributed by atoms with E-state index >= 15 is 0 Å². The Morgan fingerprint density at radius 3 is 2.73 bits per heavy atom. The molecule has 0 unspecified atom stereocenters. The predicted molar refractivity (Wildman–Crippen MR) is 43.5 cm³/mol. The number of ether oxygens (including phenoxy) is 1. The van der Waals surface area contributed by atoms with Crippen molar-refractivity contribution in [2.45, 2.75) is 31.8 Å². The highest BCUT2D eigenvalue weighted by Gasteiger charge is 2.14. The quantitative estimate of drug-likeness (QED) is 0.615. The fourth-order valence-corrected chi connectivity index (χ4v) is 1.32. The van der Waals surface area contributed by atoms with Gasteiger partial charge in [-0.3, -0.25) is 0 Å². The van der Waals surface area contributed by atoms with Crippen molar-refractivity contribution >= 4 is 0 Å². The third-order valence-corrected chi connectivity index (χ3v) is 2.02. The normalized spacial score (nSPS) is 23.5. The zero-order valence-corrected chi connectivity index (χ0v) is 7.05. The molecular formula is C8H17NO2. The first-order valence-corrected chi connectivity index (χ1v) is 4.27. The van der Waals surface area contributed by atoms with Crippen molar-refractivity contribution in [2.75, 3.05) is 19.8 Å². The zero-order chi connectivity index (χ0) is 8.10. The second-order valence-electron chi connectivity index (χ2n) is 3.14. The third kappa shape index (κ3) is 3.18. The summed E-state index contributed by atoms with van der Waals surface area (Å²) in [5, 5.41) is 12.1. The monoisotopic (exact) mass is 159 g/mol. The Labute approximate surface area is 67.7 Å². The van der Waals surface area contributed by atoms with Crippen LogP contribution in [0.3, 0.4) is 0 Å². The van der Waals surface area contributed by atoms with Gasteiger partial charge in [0, 0.05) is 25.3 Å². The lowest BCUT2D eigenvalue weighted by Gasteiger charge is -2.25. The van der Waals surface area contributed by atoms with Gasteiger partial charge in [0.2, 0.25) is 0 Å². The standard InChI is InChI=1S/C8H17NO2/c1-7(6-10)9-8-2-4-11-5-3-8/h7-10H,2-6H2,1H3/t7-/m0/s1. The van der Waals surface area contributed by atoms with E-state index in [0.717, 1.165) is 26.1 Å². The van der Waals surface area contributed by atoms with Crippen LogP contribution in [0.1, 0.15) is 19.8 Å². The van der Waals surface area contributed by atoms with Crippen LogP contribution in [-0.4, -0.2) is 37.0 Å². The summed E-state index contributed by atoms with van der Waals surface area (Å²) < 4.78 is 5.21. The molecule has 66 valence electrons. The molecule has 1 aliphatic heterocycles. The van der Waals surface area contributed by atoms with E-state index in [9.17, 15) is 0 Å². The van der Waals surface area contributed by atoms with Crippen LogP contribution in [-0.2, 0) is 4.74 Å². The van der Waals surface area contributed by atoms with Gasteiger partial charge in [0.05, 0.1) is 6.61 Å². The maximum atomic E-state index is 8.77. The average Bonchev–Trinajstić information content (AvgIpc) is 2.06. The van der Waals surface area contributed by atoms with Crippen molar-refractivity contribution in [1.82, 2.24) is 5.32 Å². The highest BCUT2D eigenvalue weighted by molar-refractivity contribution is 4.73. The number of aliphatic hydroxyl groups is 1. The lowest BCUT2D eigenvalue weighted by molar-refractivity contribution is 0.0725. The molecule has 0 bridgehead atoms. The SMILES string of the molecule is C[C@@H](CO)NC1CCOCC1. The van der Waals surface area contributed by atoms with Crippen LogP contribution in [0.5, 0.6) is 0 Å². The van der Waals surface area contributed by atoms with Crippen LogP contribution in [0.2, 0.25) is 0 Å². The summed E-state index contributed by atoms with van der Waals surface area (Å²) in [4.78, 5) is 0. The molecule has 0 aromatic rings. The van der Waals surface area contributed by atoms with Crippen LogP contribution in [0, 0.1) is 0 Å². The van der Waals surface area contributed by atoms with Gasteiger partial charge in [0.15, 0.2) is 0 Å². The molecule has 1 rings (SSSR count). The number of nitrogens with one attached hydrogen (secondary N) is 1. The Bertz CT molecular complexity index is 102. The Balaban J connectivity index is 2.13. The molecule has 1 saturated heterocycles. The number of rotatable bonds is 3. The minimum absolute atomic E-state index is 0.220. The van der Waals surface area contributed by atoms with Gasteiger partial charge in [-0.25, -0.2) is 0 Å². The first-order valence-electron chi connectivity index (χ1n) is 4.27. The average molecular weight is 159 g/mol. The number of hydrogen-bond donors (Lipinski definition) is 2. The molecule has 11 heavy (non-hydrogen) atoms. The maximum absolute atomic E-state index is 8.77. The summed E-state index contributed by atoms with van der Waals surface area (Å²) in [6, 6.07) is 0.768. The van der Waals surface area contributed by atoms with E-state index in [1.54, 1.807) is 0 Å². The van der Waals surface area contributed by atoms with Crippen LogP contribution in [0.25, 0.3) is 0 Å². The fourth-order valence-electron chi connectivity index (χ4n) is 1.32. The van der Waals surface area contributed by atoms with Gasteiger partial charge >= 0.3 is 0 Å². The molecule has 0 spiro atoms. The van der Waals surface area contributed by atoms with Gasteiger partial charge in [-0.2, -0.15) is 0 Å². The lowest BCUT2D eigenvalue weighted by atomic mass is 10.1. The van der Waals surface area contributed by atoms with E-state index < -0.39 is 0 Å². The van der Waals surface area contributed by atoms with Gasteiger partial charge < -0.3 is 15.2 Å². The molecule has 0 aromatic heterocycles. The van der Waals surface area contributed by atoms with Crippen molar-refractivity contribution in [3.05, 3.63) is 0 Å².